The maximum Gasteiger partial charge on any atom is 0.414 e. The van der Waals surface area contributed by atoms with E-state index in [1.54, 1.807) is 71.9 Å². The second kappa shape index (κ2) is 15.8. The van der Waals surface area contributed by atoms with Crippen LogP contribution in [0.1, 0.15) is 58.8 Å². The number of nitrogens with one attached hydrogen (secondary N) is 4. The van der Waals surface area contributed by atoms with Crippen LogP contribution < -0.4 is 21.3 Å². The number of alkyl carbamates (subject to hydrolysis) is 2. The molecular formula is C28H39N5O8. The predicted octanol–water partition coefficient (Wildman–Crippen LogP) is 2.94. The van der Waals surface area contributed by atoms with Crippen molar-refractivity contribution in [1.29, 1.82) is 0 Å². The molecule has 41 heavy (non-hydrogen) atoms. The molecule has 0 aliphatic heterocycles. The molecule has 0 bridgehead atoms. The quantitative estimate of drug-likeness (QED) is 0.0871. The van der Waals surface area contributed by atoms with Crippen molar-refractivity contribution >= 4 is 35.9 Å². The molecule has 0 spiro atoms. The second-order valence-electron chi connectivity index (χ2n) is 10.5. The largest absolute Gasteiger partial charge is 0.457 e. The lowest BCUT2D eigenvalue weighted by atomic mass is 10.2. The van der Waals surface area contributed by atoms with Gasteiger partial charge in [0.1, 0.15) is 23.5 Å². The third-order valence-corrected chi connectivity index (χ3v) is 4.29. The molecule has 4 N–H and O–H groups in total. The Kier molecular flexibility index (Phi) is 13.2. The smallest absolute Gasteiger partial charge is 0.414 e. The molecule has 1 unspecified atom stereocenters. The summed E-state index contributed by atoms with van der Waals surface area (Å²) < 4.78 is 15.6. The molecule has 1 rings (SSSR count). The Bertz CT molecular complexity index is 1130. The van der Waals surface area contributed by atoms with Gasteiger partial charge in [0.05, 0.1) is 6.04 Å². The Morgan fingerprint density at radius 2 is 1.44 bits per heavy atom. The van der Waals surface area contributed by atoms with E-state index in [9.17, 15) is 24.0 Å². The van der Waals surface area contributed by atoms with Crippen LogP contribution in [0.25, 0.3) is 0 Å². The number of hydrogen-bond acceptors (Lipinski definition) is 9. The maximum atomic E-state index is 12.8. The molecule has 0 saturated carbocycles. The molecule has 0 aliphatic rings. The van der Waals surface area contributed by atoms with Crippen LogP contribution in [0, 0.1) is 0 Å². The van der Waals surface area contributed by atoms with Crippen LogP contribution in [0.3, 0.4) is 0 Å². The zero-order valence-electron chi connectivity index (χ0n) is 24.5. The number of carbonyl (C=O) groups is 5. The fourth-order valence-corrected chi connectivity index (χ4v) is 2.80. The van der Waals surface area contributed by atoms with E-state index in [-0.39, 0.29) is 24.4 Å². The van der Waals surface area contributed by atoms with E-state index in [1.165, 1.54) is 19.1 Å². The van der Waals surface area contributed by atoms with Crippen molar-refractivity contribution < 1.29 is 38.2 Å². The van der Waals surface area contributed by atoms with Gasteiger partial charge >= 0.3 is 18.2 Å². The van der Waals surface area contributed by atoms with Gasteiger partial charge < -0.3 is 24.8 Å². The molecule has 0 aliphatic carbocycles. The summed E-state index contributed by atoms with van der Waals surface area (Å²) in [5.41, 5.74) is -1.80. The third-order valence-electron chi connectivity index (χ3n) is 4.29. The molecular weight excluding hydrogens is 534 g/mol. The van der Waals surface area contributed by atoms with E-state index in [0.29, 0.717) is 0 Å². The maximum absolute atomic E-state index is 12.8. The first-order valence-electron chi connectivity index (χ1n) is 12.7. The number of guanidine groups is 1. The predicted molar refractivity (Wildman–Crippen MR) is 152 cm³/mol. The van der Waals surface area contributed by atoms with E-state index in [4.69, 9.17) is 14.2 Å². The number of rotatable bonds is 9. The molecule has 0 radical (unpaired) electrons. The Morgan fingerprint density at radius 1 is 0.902 bits per heavy atom. The SMILES string of the molecule is C=CCOC(=O)/C(=C/C(CNC(C)=O)N=C(NC(=O)OC(C)(C)C)NC(=O)OC(C)(C)C)NC(=O)c1ccccc1. The molecule has 4 amide bonds. The van der Waals surface area contributed by atoms with E-state index < -0.39 is 53.2 Å². The Hall–Kier alpha value is -4.68. The van der Waals surface area contributed by atoms with Crippen molar-refractivity contribution in [3.05, 3.63) is 60.3 Å². The molecule has 1 aromatic carbocycles. The standard InChI is InChI=1S/C28H39N5O8/c1-9-15-39-23(36)21(31-22(35)19-13-11-10-12-14-19)16-20(17-29-18(2)34)30-24(32-25(37)40-27(3,4)5)33-26(38)41-28(6,7)8/h9-14,16,20H,1,15,17H2,2-8H3,(H,29,34)(H,31,35)(H2,30,32,33,37,38)/b21-16-. The molecule has 13 nitrogen and oxygen atoms in total. The van der Waals surface area contributed by atoms with Gasteiger partial charge in [0.25, 0.3) is 5.91 Å². The number of carbonyl (C=O) groups excluding carboxylic acids is 5. The Labute approximate surface area is 239 Å². The van der Waals surface area contributed by atoms with Crippen molar-refractivity contribution in [3.63, 3.8) is 0 Å². The summed E-state index contributed by atoms with van der Waals surface area (Å²) in [7, 11) is 0. The number of esters is 1. The minimum Gasteiger partial charge on any atom is -0.457 e. The van der Waals surface area contributed by atoms with Gasteiger partial charge in [-0.3, -0.25) is 20.2 Å². The van der Waals surface area contributed by atoms with Gasteiger partial charge in [0, 0.05) is 19.0 Å². The zero-order valence-corrected chi connectivity index (χ0v) is 24.5. The number of benzene rings is 1. The minimum atomic E-state index is -1.12. The van der Waals surface area contributed by atoms with Crippen molar-refractivity contribution in [2.75, 3.05) is 13.2 Å². The lowest BCUT2D eigenvalue weighted by molar-refractivity contribution is -0.138. The summed E-state index contributed by atoms with van der Waals surface area (Å²) in [6, 6.07) is 6.98. The average molecular weight is 574 g/mol. The van der Waals surface area contributed by atoms with Gasteiger partial charge in [-0.25, -0.2) is 19.4 Å². The molecule has 13 heteroatoms. The van der Waals surface area contributed by atoms with E-state index >= 15 is 0 Å². The van der Waals surface area contributed by atoms with Crippen LogP contribution in [0.4, 0.5) is 9.59 Å². The highest BCUT2D eigenvalue weighted by molar-refractivity contribution is 6.02. The summed E-state index contributed by atoms with van der Waals surface area (Å²) in [6.45, 7) is 14.3. The third kappa shape index (κ3) is 15.5. The van der Waals surface area contributed by atoms with Gasteiger partial charge in [0.2, 0.25) is 11.9 Å². The second-order valence-corrected chi connectivity index (χ2v) is 10.5. The van der Waals surface area contributed by atoms with E-state index in [0.717, 1.165) is 0 Å². The van der Waals surface area contributed by atoms with Gasteiger partial charge in [-0.1, -0.05) is 30.9 Å². The minimum absolute atomic E-state index is 0.150. The normalized spacial score (nSPS) is 12.1. The topological polar surface area (TPSA) is 174 Å². The lowest BCUT2D eigenvalue weighted by Crippen LogP contribution is -2.48. The summed E-state index contributed by atoms with van der Waals surface area (Å²) in [6.07, 6.45) is 0.653. The number of amides is 4. The van der Waals surface area contributed by atoms with Crippen LogP contribution in [-0.2, 0) is 23.8 Å². The average Bonchev–Trinajstić information content (AvgIpc) is 2.83. The van der Waals surface area contributed by atoms with Crippen molar-refractivity contribution in [2.45, 2.75) is 65.7 Å². The first-order valence-corrected chi connectivity index (χ1v) is 12.7. The number of nitrogens with zero attached hydrogens (tertiary/aromatic N) is 1. The first kappa shape index (κ1) is 34.3. The fraction of sp³-hybridized carbons (Fsp3) is 0.429. The highest BCUT2D eigenvalue weighted by Gasteiger charge is 2.23. The summed E-state index contributed by atoms with van der Waals surface area (Å²) in [5, 5.41) is 9.69. The van der Waals surface area contributed by atoms with Gasteiger partial charge in [-0.05, 0) is 59.8 Å². The molecule has 1 aromatic rings. The Balaban J connectivity index is 3.54. The molecule has 0 heterocycles. The van der Waals surface area contributed by atoms with Crippen LogP contribution >= 0.6 is 0 Å². The van der Waals surface area contributed by atoms with Crippen LogP contribution in [0.15, 0.2) is 59.8 Å². The highest BCUT2D eigenvalue weighted by atomic mass is 16.6. The fourth-order valence-electron chi connectivity index (χ4n) is 2.80. The van der Waals surface area contributed by atoms with E-state index in [1.807, 2.05) is 0 Å². The number of ether oxygens (including phenoxy) is 3. The molecule has 224 valence electrons. The van der Waals surface area contributed by atoms with Gasteiger partial charge in [-0.15, -0.1) is 0 Å². The van der Waals surface area contributed by atoms with Gasteiger partial charge in [-0.2, -0.15) is 0 Å². The first-order chi connectivity index (χ1) is 19.0. The zero-order chi connectivity index (χ0) is 31.2. The molecule has 0 saturated heterocycles. The van der Waals surface area contributed by atoms with Crippen molar-refractivity contribution in [3.8, 4) is 0 Å². The molecule has 0 fully saturated rings. The lowest BCUT2D eigenvalue weighted by Gasteiger charge is -2.22. The van der Waals surface area contributed by atoms with Crippen molar-refractivity contribution in [1.82, 2.24) is 21.3 Å². The van der Waals surface area contributed by atoms with Gasteiger partial charge in [0.15, 0.2) is 0 Å². The number of hydrogen-bond donors (Lipinski definition) is 4. The van der Waals surface area contributed by atoms with Crippen molar-refractivity contribution in [2.24, 2.45) is 4.99 Å². The monoisotopic (exact) mass is 573 g/mol. The van der Waals surface area contributed by atoms with Crippen LogP contribution in [0.2, 0.25) is 0 Å². The van der Waals surface area contributed by atoms with Crippen LogP contribution in [0.5, 0.6) is 0 Å². The van der Waals surface area contributed by atoms with Crippen LogP contribution in [-0.4, -0.2) is 66.3 Å². The summed E-state index contributed by atoms with van der Waals surface area (Å²) in [4.78, 5) is 66.6. The summed E-state index contributed by atoms with van der Waals surface area (Å²) >= 11 is 0. The Morgan fingerprint density at radius 3 is 1.90 bits per heavy atom. The summed E-state index contributed by atoms with van der Waals surface area (Å²) in [5.74, 6) is -2.37. The van der Waals surface area contributed by atoms with E-state index in [2.05, 4.69) is 32.8 Å². The molecule has 0 aromatic heterocycles. The molecule has 1 atom stereocenters. The number of aliphatic imine (C=N–C) groups is 1. The highest BCUT2D eigenvalue weighted by Crippen LogP contribution is 2.09.